The topological polar surface area (TPSA) is 97.5 Å². The summed E-state index contributed by atoms with van der Waals surface area (Å²) in [5.41, 5.74) is 0.511. The van der Waals surface area contributed by atoms with Crippen LogP contribution in [-0.2, 0) is 9.53 Å². The summed E-state index contributed by atoms with van der Waals surface area (Å²) >= 11 is 6.31. The van der Waals surface area contributed by atoms with Crippen molar-refractivity contribution < 1.29 is 20.5 Å². The minimum Gasteiger partial charge on any atom is -0.378 e. The molecule has 168 valence electrons. The summed E-state index contributed by atoms with van der Waals surface area (Å²) in [4.78, 5) is 25.8. The zero-order chi connectivity index (χ0) is 29.7. The first-order valence-corrected chi connectivity index (χ1v) is 10.5. The molecule has 1 N–H and O–H groups in total. The molecule has 10 heteroatoms. The van der Waals surface area contributed by atoms with Crippen LogP contribution < -0.4 is 10.2 Å². The lowest BCUT2D eigenvalue weighted by Gasteiger charge is -2.28. The maximum absolute atomic E-state index is 12.5. The number of amides is 1. The van der Waals surface area contributed by atoms with Gasteiger partial charge in [-0.1, -0.05) is 18.5 Å². The first-order valence-electron chi connectivity index (χ1n) is 14.2. The first-order chi connectivity index (χ1) is 19.0. The van der Waals surface area contributed by atoms with Gasteiger partial charge in [0.05, 0.1) is 36.0 Å². The molecule has 4 aromatic rings. The SMILES string of the molecule is [2H]C1([2H])OC([2H])([2H])C([2H])([2H])N(c2ccc3nc(-c4cnc(Cl)c5cnc(NC(=O)[C@H]6C[C@H]6C)cc45)nn3c2)C1([2H])[2H]. The molecule has 2 aliphatic rings. The van der Waals surface area contributed by atoms with Crippen LogP contribution in [0.3, 0.4) is 0 Å². The van der Waals surface area contributed by atoms with E-state index >= 15 is 0 Å². The van der Waals surface area contributed by atoms with Crippen molar-refractivity contribution in [3.63, 3.8) is 0 Å². The van der Waals surface area contributed by atoms with E-state index in [0.717, 1.165) is 6.42 Å². The third-order valence-corrected chi connectivity index (χ3v) is 5.95. The van der Waals surface area contributed by atoms with Gasteiger partial charge in [-0.05, 0) is 30.5 Å². The van der Waals surface area contributed by atoms with Crippen LogP contribution in [0.25, 0.3) is 27.8 Å². The summed E-state index contributed by atoms with van der Waals surface area (Å²) in [5, 5.41) is 8.48. The van der Waals surface area contributed by atoms with Crippen LogP contribution in [0, 0.1) is 11.8 Å². The molecule has 1 amide bonds. The van der Waals surface area contributed by atoms with Gasteiger partial charge >= 0.3 is 0 Å². The van der Waals surface area contributed by atoms with Gasteiger partial charge in [-0.15, -0.1) is 5.10 Å². The molecule has 0 spiro atoms. The van der Waals surface area contributed by atoms with Gasteiger partial charge in [0.25, 0.3) is 0 Å². The maximum atomic E-state index is 12.5. The van der Waals surface area contributed by atoms with Gasteiger partial charge in [-0.2, -0.15) is 0 Å². The number of anilines is 2. The highest BCUT2D eigenvalue weighted by molar-refractivity contribution is 6.34. The number of rotatable bonds is 4. The second-order valence-corrected chi connectivity index (χ2v) is 8.24. The van der Waals surface area contributed by atoms with Gasteiger partial charge in [0.1, 0.15) is 11.0 Å². The van der Waals surface area contributed by atoms with Crippen LogP contribution in [0.2, 0.25) is 5.15 Å². The molecule has 0 radical (unpaired) electrons. The quantitative estimate of drug-likeness (QED) is 0.455. The Morgan fingerprint density at radius 1 is 1.24 bits per heavy atom. The molecule has 0 unspecified atom stereocenters. The predicted molar refractivity (Wildman–Crippen MR) is 125 cm³/mol. The van der Waals surface area contributed by atoms with Gasteiger partial charge in [-0.3, -0.25) is 4.79 Å². The second-order valence-electron chi connectivity index (χ2n) is 7.88. The molecule has 0 bridgehead atoms. The Bertz CT molecular complexity index is 1710. The summed E-state index contributed by atoms with van der Waals surface area (Å²) in [6.07, 6.45) is 4.97. The number of carbonyl (C=O) groups excluding carboxylic acids is 1. The lowest BCUT2D eigenvalue weighted by molar-refractivity contribution is -0.117. The van der Waals surface area contributed by atoms with Crippen molar-refractivity contribution in [1.29, 1.82) is 0 Å². The maximum Gasteiger partial charge on any atom is 0.228 e. The lowest BCUT2D eigenvalue weighted by Crippen LogP contribution is -2.36. The number of nitrogens with one attached hydrogen (secondary N) is 1. The number of hydrogen-bond donors (Lipinski definition) is 1. The minimum absolute atomic E-state index is 0.0587. The van der Waals surface area contributed by atoms with Gasteiger partial charge < -0.3 is 15.0 Å². The average Bonchev–Trinajstić information content (AvgIpc) is 3.45. The van der Waals surface area contributed by atoms with E-state index in [1.165, 1.54) is 35.2 Å². The molecule has 2 atom stereocenters. The van der Waals surface area contributed by atoms with Crippen molar-refractivity contribution in [2.75, 3.05) is 36.3 Å². The molecule has 33 heavy (non-hydrogen) atoms. The Hall–Kier alpha value is -3.30. The van der Waals surface area contributed by atoms with Gasteiger partial charge in [0.15, 0.2) is 11.5 Å². The number of morpholine rings is 1. The Morgan fingerprint density at radius 2 is 2.06 bits per heavy atom. The van der Waals surface area contributed by atoms with Crippen molar-refractivity contribution in [1.82, 2.24) is 24.6 Å². The molecular weight excluding hydrogens is 442 g/mol. The molecular formula is C23H22ClN7O2. The molecule has 1 aliphatic carbocycles. The molecule has 0 aromatic carbocycles. The molecule has 2 fully saturated rings. The fourth-order valence-corrected chi connectivity index (χ4v) is 3.89. The Labute approximate surface area is 206 Å². The summed E-state index contributed by atoms with van der Waals surface area (Å²) in [5.74, 6) is 0.625. The standard InChI is InChI=1S/C23H22ClN7O2/c1-13-8-15(13)23(32)27-19-9-16-17(10-25-19)21(24)26-11-18(16)22-28-20-3-2-14(12-31(20)29-22)30-4-6-33-7-5-30/h2-3,9-13,15H,4-8H2,1H3,(H,25,27,32)/t13-,15+/m1/s1/i4D2,5D2,6D2,7D2. The number of halogens is 1. The first kappa shape index (κ1) is 13.4. The summed E-state index contributed by atoms with van der Waals surface area (Å²) in [6, 6.07) is 4.34. The Balaban J connectivity index is 1.43. The summed E-state index contributed by atoms with van der Waals surface area (Å²) < 4.78 is 70.8. The van der Waals surface area contributed by atoms with E-state index in [0.29, 0.717) is 33.0 Å². The van der Waals surface area contributed by atoms with Gasteiger partial charge in [0, 0.05) is 47.6 Å². The van der Waals surface area contributed by atoms with Crippen LogP contribution >= 0.6 is 11.6 Å². The fourth-order valence-electron chi connectivity index (χ4n) is 3.69. The van der Waals surface area contributed by atoms with Crippen molar-refractivity contribution in [3.8, 4) is 11.4 Å². The predicted octanol–water partition coefficient (Wildman–Crippen LogP) is 3.42. The minimum atomic E-state index is -3.20. The Kier molecular flexibility index (Phi) is 3.22. The normalized spacial score (nSPS) is 30.1. The highest BCUT2D eigenvalue weighted by Crippen LogP contribution is 2.38. The molecule has 1 aliphatic heterocycles. The Morgan fingerprint density at radius 3 is 2.85 bits per heavy atom. The number of carbonyl (C=O) groups is 1. The number of nitrogens with zero attached hydrogens (tertiary/aromatic N) is 6. The van der Waals surface area contributed by atoms with Gasteiger partial charge in [-0.25, -0.2) is 19.5 Å². The largest absolute Gasteiger partial charge is 0.378 e. The second kappa shape index (κ2) is 7.93. The smallest absolute Gasteiger partial charge is 0.228 e. The third-order valence-electron chi connectivity index (χ3n) is 5.65. The van der Waals surface area contributed by atoms with Crippen LogP contribution in [0.4, 0.5) is 11.5 Å². The highest BCUT2D eigenvalue weighted by Gasteiger charge is 2.39. The van der Waals surface area contributed by atoms with E-state index in [2.05, 4.69) is 30.1 Å². The summed E-state index contributed by atoms with van der Waals surface area (Å²) in [7, 11) is 0. The number of pyridine rings is 3. The summed E-state index contributed by atoms with van der Waals surface area (Å²) in [6.45, 7) is -10.6. The molecule has 6 rings (SSSR count). The van der Waals surface area contributed by atoms with E-state index in [4.69, 9.17) is 22.6 Å². The average molecular weight is 472 g/mol. The molecule has 1 saturated heterocycles. The van der Waals surface area contributed by atoms with Crippen molar-refractivity contribution >= 4 is 45.4 Å². The highest BCUT2D eigenvalue weighted by atomic mass is 35.5. The van der Waals surface area contributed by atoms with Gasteiger partial charge in [0.2, 0.25) is 5.91 Å². The van der Waals surface area contributed by atoms with Crippen LogP contribution in [0.5, 0.6) is 0 Å². The van der Waals surface area contributed by atoms with E-state index in [1.54, 1.807) is 6.07 Å². The fraction of sp³-hybridized carbons (Fsp3) is 0.348. The third kappa shape index (κ3) is 3.77. The van der Waals surface area contributed by atoms with Crippen LogP contribution in [0.15, 0.2) is 36.8 Å². The lowest BCUT2D eigenvalue weighted by atomic mass is 10.1. The molecule has 5 heterocycles. The van der Waals surface area contributed by atoms with Crippen molar-refractivity contribution in [2.24, 2.45) is 11.8 Å². The van der Waals surface area contributed by atoms with E-state index in [9.17, 15) is 4.79 Å². The number of hydrogen-bond acceptors (Lipinski definition) is 7. The van der Waals surface area contributed by atoms with Crippen LogP contribution in [0.1, 0.15) is 24.3 Å². The number of aromatic nitrogens is 5. The van der Waals surface area contributed by atoms with Crippen molar-refractivity contribution in [3.05, 3.63) is 41.9 Å². The molecule has 4 aromatic heterocycles. The van der Waals surface area contributed by atoms with Crippen molar-refractivity contribution in [2.45, 2.75) is 13.3 Å². The zero-order valence-corrected chi connectivity index (χ0v) is 18.0. The van der Waals surface area contributed by atoms with E-state index < -0.39 is 26.1 Å². The monoisotopic (exact) mass is 471 g/mol. The van der Waals surface area contributed by atoms with E-state index in [1.807, 2.05) is 6.92 Å². The molecule has 1 saturated carbocycles. The van der Waals surface area contributed by atoms with E-state index in [-0.39, 0.29) is 34.1 Å². The zero-order valence-electron chi connectivity index (χ0n) is 25.2. The number of fused-ring (bicyclic) bond motifs is 2. The van der Waals surface area contributed by atoms with Crippen LogP contribution in [-0.4, -0.2) is 56.6 Å². The molecule has 9 nitrogen and oxygen atoms in total. The number of ether oxygens (including phenoxy) is 1.